The van der Waals surface area contributed by atoms with E-state index in [1.807, 2.05) is 24.3 Å². The first-order chi connectivity index (χ1) is 16.4. The van der Waals surface area contributed by atoms with Crippen LogP contribution >= 0.6 is 11.6 Å². The Morgan fingerprint density at radius 2 is 2.00 bits per heavy atom. The lowest BCUT2D eigenvalue weighted by atomic mass is 10.1. The van der Waals surface area contributed by atoms with E-state index in [0.29, 0.717) is 45.3 Å². The first kappa shape index (κ1) is 21.8. The minimum absolute atomic E-state index is 0.0574. The van der Waals surface area contributed by atoms with Crippen LogP contribution in [0.3, 0.4) is 0 Å². The lowest BCUT2D eigenvalue weighted by Crippen LogP contribution is -2.34. The number of fused-ring (bicyclic) bond motifs is 2. The molecular formula is C24H19ClN2O7. The summed E-state index contributed by atoms with van der Waals surface area (Å²) in [5, 5.41) is 14.2. The maximum Gasteiger partial charge on any atom is 0.307 e. The van der Waals surface area contributed by atoms with Gasteiger partial charge in [-0.15, -0.1) is 0 Å². The Labute approximate surface area is 198 Å². The Bertz CT molecular complexity index is 1410. The van der Waals surface area contributed by atoms with Gasteiger partial charge < -0.3 is 23.8 Å². The molecule has 9 nitrogen and oxygen atoms in total. The fourth-order valence-corrected chi connectivity index (χ4v) is 4.13. The highest BCUT2D eigenvalue weighted by Gasteiger charge is 2.25. The molecule has 174 valence electrons. The maximum absolute atomic E-state index is 13.3. The van der Waals surface area contributed by atoms with Crippen LogP contribution in [0.1, 0.15) is 21.8 Å². The van der Waals surface area contributed by atoms with Gasteiger partial charge in [0.05, 0.1) is 18.0 Å². The molecule has 1 atom stereocenters. The second-order valence-electron chi connectivity index (χ2n) is 7.77. The molecule has 2 aromatic carbocycles. The normalized spacial score (nSPS) is 14.8. The molecule has 34 heavy (non-hydrogen) atoms. The lowest BCUT2D eigenvalue weighted by molar-refractivity contribution is -0.136. The van der Waals surface area contributed by atoms with E-state index in [2.05, 4.69) is 5.16 Å². The second kappa shape index (κ2) is 8.75. The molecule has 1 N–H and O–H groups in total. The quantitative estimate of drug-likeness (QED) is 0.436. The highest BCUT2D eigenvalue weighted by Crippen LogP contribution is 2.32. The van der Waals surface area contributed by atoms with Crippen molar-refractivity contribution in [1.82, 2.24) is 9.72 Å². The Morgan fingerprint density at radius 3 is 2.79 bits per heavy atom. The summed E-state index contributed by atoms with van der Waals surface area (Å²) in [4.78, 5) is 24.7. The molecule has 10 heteroatoms. The van der Waals surface area contributed by atoms with E-state index in [0.717, 1.165) is 0 Å². The Morgan fingerprint density at radius 1 is 1.21 bits per heavy atom. The number of aliphatic carboxylic acids is 1. The van der Waals surface area contributed by atoms with E-state index in [-0.39, 0.29) is 30.8 Å². The molecular weight excluding hydrogens is 464 g/mol. The van der Waals surface area contributed by atoms with Gasteiger partial charge in [0.15, 0.2) is 17.6 Å². The van der Waals surface area contributed by atoms with Crippen molar-refractivity contribution >= 4 is 34.4 Å². The molecule has 0 bridgehead atoms. The van der Waals surface area contributed by atoms with E-state index in [4.69, 9.17) is 30.3 Å². The molecule has 0 spiro atoms. The van der Waals surface area contributed by atoms with E-state index < -0.39 is 11.9 Å². The summed E-state index contributed by atoms with van der Waals surface area (Å²) in [5.74, 6) is -0.153. The summed E-state index contributed by atoms with van der Waals surface area (Å²) >= 11 is 6.11. The van der Waals surface area contributed by atoms with Crippen LogP contribution in [0, 0.1) is 6.92 Å². The zero-order chi connectivity index (χ0) is 23.8. The number of halogens is 1. The first-order valence-corrected chi connectivity index (χ1v) is 10.8. The fourth-order valence-electron chi connectivity index (χ4n) is 3.95. The average Bonchev–Trinajstić information content (AvgIpc) is 3.40. The number of carbonyl (C=O) groups excluding carboxylic acids is 1. The third kappa shape index (κ3) is 4.06. The molecule has 5 rings (SSSR count). The Kier molecular flexibility index (Phi) is 5.62. The number of nitrogens with zero attached hydrogens (tertiary/aromatic N) is 2. The molecule has 2 aromatic heterocycles. The van der Waals surface area contributed by atoms with Crippen molar-refractivity contribution < 1.29 is 33.4 Å². The second-order valence-corrected chi connectivity index (χ2v) is 8.21. The topological polar surface area (TPSA) is 113 Å². The van der Waals surface area contributed by atoms with E-state index in [9.17, 15) is 14.7 Å². The zero-order valence-corrected chi connectivity index (χ0v) is 18.7. The molecule has 0 amide bonds. The van der Waals surface area contributed by atoms with Crippen LogP contribution in [0.4, 0.5) is 0 Å². The van der Waals surface area contributed by atoms with Crippen molar-refractivity contribution in [2.24, 2.45) is 0 Å². The number of ether oxygens (including phenoxy) is 3. The molecule has 4 aromatic rings. The Balaban J connectivity index is 1.35. The summed E-state index contributed by atoms with van der Waals surface area (Å²) in [6.07, 6.45) is -0.606. The van der Waals surface area contributed by atoms with Gasteiger partial charge in [0, 0.05) is 16.1 Å². The van der Waals surface area contributed by atoms with Crippen LogP contribution in [-0.4, -0.2) is 46.0 Å². The predicted molar refractivity (Wildman–Crippen MR) is 121 cm³/mol. The summed E-state index contributed by atoms with van der Waals surface area (Å²) in [5.41, 5.74) is 1.51. The lowest BCUT2D eigenvalue weighted by Gasteiger charge is -2.25. The van der Waals surface area contributed by atoms with Crippen molar-refractivity contribution in [1.29, 1.82) is 0 Å². The molecule has 3 heterocycles. The van der Waals surface area contributed by atoms with Gasteiger partial charge in [0.1, 0.15) is 13.2 Å². The molecule has 0 unspecified atom stereocenters. The van der Waals surface area contributed by atoms with Crippen LogP contribution in [0.5, 0.6) is 17.4 Å². The number of rotatable bonds is 6. The van der Waals surface area contributed by atoms with Gasteiger partial charge in [-0.25, -0.2) is 0 Å². The van der Waals surface area contributed by atoms with Crippen molar-refractivity contribution in [2.75, 3.05) is 13.2 Å². The monoisotopic (exact) mass is 482 g/mol. The van der Waals surface area contributed by atoms with Crippen molar-refractivity contribution in [3.8, 4) is 17.4 Å². The van der Waals surface area contributed by atoms with Crippen LogP contribution in [-0.2, 0) is 11.2 Å². The SMILES string of the molecule is Cc1c(CC(=O)O)c2cc(Cl)ccc2n1C(=O)c1cc(OC[C@H]2COc3ccccc3O2)no1. The summed E-state index contributed by atoms with van der Waals surface area (Å²) < 4.78 is 23.8. The van der Waals surface area contributed by atoms with Gasteiger partial charge in [-0.1, -0.05) is 23.7 Å². The molecule has 1 aliphatic heterocycles. The van der Waals surface area contributed by atoms with E-state index >= 15 is 0 Å². The number of benzene rings is 2. The third-order valence-electron chi connectivity index (χ3n) is 5.51. The van der Waals surface area contributed by atoms with Crippen molar-refractivity contribution in [2.45, 2.75) is 19.4 Å². The third-order valence-corrected chi connectivity index (χ3v) is 5.75. The van der Waals surface area contributed by atoms with E-state index in [1.54, 1.807) is 25.1 Å². The van der Waals surface area contributed by atoms with Crippen LogP contribution < -0.4 is 14.2 Å². The smallest absolute Gasteiger partial charge is 0.307 e. The van der Waals surface area contributed by atoms with Crippen LogP contribution in [0.2, 0.25) is 5.02 Å². The highest BCUT2D eigenvalue weighted by atomic mass is 35.5. The van der Waals surface area contributed by atoms with Crippen molar-refractivity contribution in [3.05, 3.63) is 70.6 Å². The number of hydrogen-bond donors (Lipinski definition) is 1. The van der Waals surface area contributed by atoms with Gasteiger partial charge in [0.2, 0.25) is 5.76 Å². The number of carboxylic acid groups (broad SMARTS) is 1. The van der Waals surface area contributed by atoms with Gasteiger partial charge in [0.25, 0.3) is 5.88 Å². The number of carboxylic acids is 1. The van der Waals surface area contributed by atoms with Gasteiger partial charge in [-0.05, 0) is 48.0 Å². The summed E-state index contributed by atoms with van der Waals surface area (Å²) in [7, 11) is 0. The maximum atomic E-state index is 13.3. The molecule has 0 radical (unpaired) electrons. The number of carbonyl (C=O) groups is 2. The summed E-state index contributed by atoms with van der Waals surface area (Å²) in [6, 6.07) is 13.7. The molecule has 1 aliphatic rings. The Hall–Kier alpha value is -3.98. The number of para-hydroxylation sites is 2. The predicted octanol–water partition coefficient (Wildman–Crippen LogP) is 4.13. The number of hydrogen-bond acceptors (Lipinski definition) is 7. The summed E-state index contributed by atoms with van der Waals surface area (Å²) in [6.45, 7) is 2.13. The van der Waals surface area contributed by atoms with Gasteiger partial charge >= 0.3 is 11.9 Å². The fraction of sp³-hybridized carbons (Fsp3) is 0.208. The van der Waals surface area contributed by atoms with Gasteiger partial charge in [-0.3, -0.25) is 14.2 Å². The van der Waals surface area contributed by atoms with Gasteiger partial charge in [-0.2, -0.15) is 0 Å². The van der Waals surface area contributed by atoms with Crippen LogP contribution in [0.25, 0.3) is 10.9 Å². The largest absolute Gasteiger partial charge is 0.486 e. The average molecular weight is 483 g/mol. The molecule has 0 aliphatic carbocycles. The zero-order valence-electron chi connectivity index (χ0n) is 18.0. The van der Waals surface area contributed by atoms with E-state index in [1.165, 1.54) is 10.6 Å². The van der Waals surface area contributed by atoms with Crippen molar-refractivity contribution in [3.63, 3.8) is 0 Å². The molecule has 0 fully saturated rings. The molecule has 0 saturated heterocycles. The highest BCUT2D eigenvalue weighted by molar-refractivity contribution is 6.31. The van der Waals surface area contributed by atoms with Crippen LogP contribution in [0.15, 0.2) is 53.1 Å². The minimum Gasteiger partial charge on any atom is -0.486 e. The molecule has 0 saturated carbocycles. The minimum atomic E-state index is -1.01. The first-order valence-electron chi connectivity index (χ1n) is 10.4. The standard InChI is InChI=1S/C24H19ClN2O7/c1-13-16(9-23(28)29)17-8-14(25)6-7-18(17)27(13)24(30)21-10-22(26-34-21)32-12-15-11-31-19-4-2-3-5-20(19)33-15/h2-8,10,15H,9,11-12H2,1H3,(H,28,29)/t15-/m1/s1. The number of aromatic nitrogens is 2.